The van der Waals surface area contributed by atoms with Crippen molar-refractivity contribution in [2.45, 2.75) is 17.6 Å². The van der Waals surface area contributed by atoms with E-state index in [1.54, 1.807) is 19.1 Å². The average Bonchev–Trinajstić information content (AvgIpc) is 2.88. The van der Waals surface area contributed by atoms with Gasteiger partial charge in [-0.05, 0) is 30.7 Å². The van der Waals surface area contributed by atoms with Crippen molar-refractivity contribution < 1.29 is 27.4 Å². The summed E-state index contributed by atoms with van der Waals surface area (Å²) >= 11 is 0. The molecule has 0 radical (unpaired) electrons. The van der Waals surface area contributed by atoms with Crippen LogP contribution in [-0.2, 0) is 25.1 Å². The smallest absolute Gasteiger partial charge is 0.337 e. The maximum Gasteiger partial charge on any atom is 0.337 e. The van der Waals surface area contributed by atoms with Crippen LogP contribution in [0.1, 0.15) is 21.5 Å². The quantitative estimate of drug-likeness (QED) is 0.701. The molecule has 2 aromatic carbocycles. The molecule has 2 heterocycles. The van der Waals surface area contributed by atoms with E-state index in [0.29, 0.717) is 23.4 Å². The van der Waals surface area contributed by atoms with Crippen LogP contribution in [0.4, 0.5) is 5.69 Å². The molecule has 0 aromatic heterocycles. The molecule has 2 aliphatic rings. The van der Waals surface area contributed by atoms with Crippen molar-refractivity contribution in [1.29, 1.82) is 0 Å². The Morgan fingerprint density at radius 2 is 1.97 bits per heavy atom. The number of nitrogens with zero attached hydrogens (tertiary/aromatic N) is 1. The SMILES string of the molecule is COC(=O)c1cc(C)c2c(c1)S(=O)(=O)Cc1cccc(NCCN3CCOCC3)c1O2. The first-order valence-electron chi connectivity index (χ1n) is 10.2. The fourth-order valence-corrected chi connectivity index (χ4v) is 5.44. The topological polar surface area (TPSA) is 94.2 Å². The molecule has 166 valence electrons. The van der Waals surface area contributed by atoms with Crippen molar-refractivity contribution in [3.8, 4) is 11.5 Å². The van der Waals surface area contributed by atoms with Crippen molar-refractivity contribution >= 4 is 21.5 Å². The molecule has 0 bridgehead atoms. The maximum absolute atomic E-state index is 13.1. The van der Waals surface area contributed by atoms with Crippen LogP contribution < -0.4 is 10.1 Å². The van der Waals surface area contributed by atoms with Gasteiger partial charge in [0.1, 0.15) is 10.6 Å². The number of esters is 1. The minimum absolute atomic E-state index is 0.00312. The predicted molar refractivity (Wildman–Crippen MR) is 116 cm³/mol. The number of ether oxygens (including phenoxy) is 3. The first-order chi connectivity index (χ1) is 14.9. The standard InChI is InChI=1S/C22H26N2O6S/c1-15-12-17(22(25)28-2)13-19-20(15)30-21-16(14-31(19,26)27)4-3-5-18(21)23-6-7-24-8-10-29-11-9-24/h3-5,12-13,23H,6-11,14H2,1-2H3. The van der Waals surface area contributed by atoms with Crippen LogP contribution in [0, 0.1) is 6.92 Å². The number of sulfone groups is 1. The van der Waals surface area contributed by atoms with Gasteiger partial charge in [-0.1, -0.05) is 12.1 Å². The molecule has 0 unspecified atom stereocenters. The Hall–Kier alpha value is -2.62. The fraction of sp³-hybridized carbons (Fsp3) is 0.409. The van der Waals surface area contributed by atoms with Crippen molar-refractivity contribution in [2.24, 2.45) is 0 Å². The van der Waals surface area contributed by atoms with Gasteiger partial charge in [-0.25, -0.2) is 13.2 Å². The van der Waals surface area contributed by atoms with Crippen molar-refractivity contribution in [3.63, 3.8) is 0 Å². The number of para-hydroxylation sites is 1. The molecule has 2 aromatic rings. The van der Waals surface area contributed by atoms with Crippen molar-refractivity contribution in [1.82, 2.24) is 4.90 Å². The molecule has 0 aliphatic carbocycles. The van der Waals surface area contributed by atoms with Gasteiger partial charge in [0.05, 0.1) is 37.3 Å². The highest BCUT2D eigenvalue weighted by Crippen LogP contribution is 2.43. The summed E-state index contributed by atoms with van der Waals surface area (Å²) in [6.45, 7) is 6.55. The molecular formula is C22H26N2O6S. The second kappa shape index (κ2) is 8.86. The fourth-order valence-electron chi connectivity index (χ4n) is 3.86. The zero-order valence-corrected chi connectivity index (χ0v) is 18.5. The molecule has 1 fully saturated rings. The Morgan fingerprint density at radius 3 is 2.71 bits per heavy atom. The summed E-state index contributed by atoms with van der Waals surface area (Å²) in [5.74, 6) is -0.0545. The van der Waals surface area contributed by atoms with E-state index < -0.39 is 15.8 Å². The second-order valence-corrected chi connectivity index (χ2v) is 9.61. The Balaban J connectivity index is 1.65. The second-order valence-electron chi connectivity index (χ2n) is 7.65. The highest BCUT2D eigenvalue weighted by molar-refractivity contribution is 7.90. The number of carbonyl (C=O) groups excluding carboxylic acids is 1. The third kappa shape index (κ3) is 4.53. The molecular weight excluding hydrogens is 420 g/mol. The third-order valence-corrected chi connectivity index (χ3v) is 7.15. The van der Waals surface area contributed by atoms with E-state index in [4.69, 9.17) is 14.2 Å². The number of nitrogens with one attached hydrogen (secondary N) is 1. The van der Waals surface area contributed by atoms with Gasteiger partial charge in [0.25, 0.3) is 0 Å². The molecule has 31 heavy (non-hydrogen) atoms. The number of rotatable bonds is 5. The van der Waals surface area contributed by atoms with Crippen LogP contribution in [0.5, 0.6) is 11.5 Å². The number of carbonyl (C=O) groups is 1. The summed E-state index contributed by atoms with van der Waals surface area (Å²) < 4.78 is 42.6. The lowest BCUT2D eigenvalue weighted by Gasteiger charge is -2.26. The Bertz CT molecular complexity index is 1090. The molecule has 8 nitrogen and oxygen atoms in total. The molecule has 1 N–H and O–H groups in total. The molecule has 0 amide bonds. The van der Waals surface area contributed by atoms with Crippen LogP contribution >= 0.6 is 0 Å². The van der Waals surface area contributed by atoms with E-state index in [1.807, 2.05) is 12.1 Å². The highest BCUT2D eigenvalue weighted by Gasteiger charge is 2.31. The molecule has 0 spiro atoms. The summed E-state index contributed by atoms with van der Waals surface area (Å²) in [6.07, 6.45) is 0. The van der Waals surface area contributed by atoms with E-state index in [9.17, 15) is 13.2 Å². The number of fused-ring (bicyclic) bond motifs is 2. The predicted octanol–water partition coefficient (Wildman–Crippen LogP) is 2.61. The van der Waals surface area contributed by atoms with Crippen LogP contribution in [0.2, 0.25) is 0 Å². The maximum atomic E-state index is 13.1. The third-order valence-electron chi connectivity index (χ3n) is 5.49. The molecule has 0 saturated carbocycles. The minimum atomic E-state index is -3.72. The number of benzene rings is 2. The summed E-state index contributed by atoms with van der Waals surface area (Å²) in [5, 5.41) is 3.39. The number of hydrogen-bond donors (Lipinski definition) is 1. The van der Waals surface area contributed by atoms with Crippen molar-refractivity contribution in [3.05, 3.63) is 47.0 Å². The number of aryl methyl sites for hydroxylation is 1. The van der Waals surface area contributed by atoms with Gasteiger partial charge in [-0.2, -0.15) is 0 Å². The van der Waals surface area contributed by atoms with Gasteiger partial charge in [-0.15, -0.1) is 0 Å². The summed E-state index contributed by atoms with van der Waals surface area (Å²) in [7, 11) is -2.45. The van der Waals surface area contributed by atoms with Gasteiger partial charge in [0, 0.05) is 31.7 Å². The Morgan fingerprint density at radius 1 is 1.19 bits per heavy atom. The molecule has 2 aliphatic heterocycles. The number of morpholine rings is 1. The average molecular weight is 447 g/mol. The van der Waals surface area contributed by atoms with Gasteiger partial charge in [0.2, 0.25) is 0 Å². The van der Waals surface area contributed by atoms with Gasteiger partial charge >= 0.3 is 5.97 Å². The van der Waals surface area contributed by atoms with E-state index in [-0.39, 0.29) is 22.0 Å². The van der Waals surface area contributed by atoms with Gasteiger partial charge < -0.3 is 19.5 Å². The first-order valence-corrected chi connectivity index (χ1v) is 11.8. The van der Waals surface area contributed by atoms with Crippen LogP contribution in [0.15, 0.2) is 35.2 Å². The molecule has 1 saturated heterocycles. The largest absolute Gasteiger partial charge is 0.465 e. The monoisotopic (exact) mass is 446 g/mol. The zero-order valence-electron chi connectivity index (χ0n) is 17.6. The van der Waals surface area contributed by atoms with Crippen LogP contribution in [0.3, 0.4) is 0 Å². The van der Waals surface area contributed by atoms with E-state index in [0.717, 1.165) is 38.5 Å². The lowest BCUT2D eigenvalue weighted by atomic mass is 10.1. The van der Waals surface area contributed by atoms with E-state index >= 15 is 0 Å². The number of hydrogen-bond acceptors (Lipinski definition) is 8. The highest BCUT2D eigenvalue weighted by atomic mass is 32.2. The number of anilines is 1. The molecule has 9 heteroatoms. The van der Waals surface area contributed by atoms with E-state index in [2.05, 4.69) is 10.2 Å². The lowest BCUT2D eigenvalue weighted by Crippen LogP contribution is -2.39. The van der Waals surface area contributed by atoms with Gasteiger partial charge in [-0.3, -0.25) is 4.90 Å². The van der Waals surface area contributed by atoms with E-state index in [1.165, 1.54) is 13.2 Å². The van der Waals surface area contributed by atoms with Crippen molar-refractivity contribution in [2.75, 3.05) is 51.8 Å². The molecule has 4 rings (SSSR count). The normalized spacial score (nSPS) is 17.6. The minimum Gasteiger partial charge on any atom is -0.465 e. The summed E-state index contributed by atoms with van der Waals surface area (Å²) in [6, 6.07) is 8.37. The molecule has 0 atom stereocenters. The summed E-state index contributed by atoms with van der Waals surface area (Å²) in [4.78, 5) is 14.3. The Labute approximate surface area is 182 Å². The number of methoxy groups -OCH3 is 1. The Kier molecular flexibility index (Phi) is 6.17. The van der Waals surface area contributed by atoms with Crippen LogP contribution in [0.25, 0.3) is 0 Å². The lowest BCUT2D eigenvalue weighted by molar-refractivity contribution is 0.0398. The summed E-state index contributed by atoms with van der Waals surface area (Å²) in [5.41, 5.74) is 2.05. The van der Waals surface area contributed by atoms with Crippen LogP contribution in [-0.4, -0.2) is 65.8 Å². The zero-order chi connectivity index (χ0) is 22.0. The van der Waals surface area contributed by atoms with Gasteiger partial charge in [0.15, 0.2) is 15.6 Å². The first kappa shape index (κ1) is 21.6.